The van der Waals surface area contributed by atoms with Crippen LogP contribution in [0.1, 0.15) is 62.1 Å². The molecule has 2 N–H and O–H groups in total. The van der Waals surface area contributed by atoms with Crippen LogP contribution in [0.2, 0.25) is 5.02 Å². The van der Waals surface area contributed by atoms with E-state index >= 15 is 0 Å². The second-order valence-corrected chi connectivity index (χ2v) is 10.4. The van der Waals surface area contributed by atoms with Crippen molar-refractivity contribution in [2.75, 3.05) is 10.2 Å². The summed E-state index contributed by atoms with van der Waals surface area (Å²) in [5.41, 5.74) is 2.17. The lowest BCUT2D eigenvalue weighted by Crippen LogP contribution is -2.50. The Morgan fingerprint density at radius 2 is 1.65 bits per heavy atom. The minimum atomic E-state index is -1.05. The first-order valence-corrected chi connectivity index (χ1v) is 12.4. The number of anilines is 2. The van der Waals surface area contributed by atoms with E-state index in [9.17, 15) is 14.4 Å². The lowest BCUT2D eigenvalue weighted by molar-refractivity contribution is -0.128. The molecule has 3 aromatic rings. The number of nitrogens with zero attached hydrogens (tertiary/aromatic N) is 2. The first kappa shape index (κ1) is 27.9. The van der Waals surface area contributed by atoms with Gasteiger partial charge < -0.3 is 15.2 Å². The highest BCUT2D eigenvalue weighted by Gasteiger charge is 2.36. The van der Waals surface area contributed by atoms with Crippen LogP contribution in [-0.4, -0.2) is 28.4 Å². The number of carbonyl (C=O) groups excluding carboxylic acids is 3. The van der Waals surface area contributed by atoms with Gasteiger partial charge in [-0.05, 0) is 58.7 Å². The van der Waals surface area contributed by atoms with E-state index in [-0.39, 0.29) is 24.6 Å². The van der Waals surface area contributed by atoms with Crippen molar-refractivity contribution in [1.82, 2.24) is 10.5 Å². The molecule has 0 saturated carbocycles. The van der Waals surface area contributed by atoms with Crippen LogP contribution >= 0.6 is 11.6 Å². The van der Waals surface area contributed by atoms with Crippen LogP contribution < -0.4 is 15.5 Å². The van der Waals surface area contributed by atoms with Gasteiger partial charge >= 0.3 is 0 Å². The van der Waals surface area contributed by atoms with Crippen LogP contribution in [-0.2, 0) is 14.4 Å². The van der Waals surface area contributed by atoms with Crippen molar-refractivity contribution in [3.05, 3.63) is 76.0 Å². The zero-order chi connectivity index (χ0) is 27.3. The Morgan fingerprint density at radius 1 is 1.00 bits per heavy atom. The van der Waals surface area contributed by atoms with Gasteiger partial charge in [0.25, 0.3) is 0 Å². The predicted octanol–water partition coefficient (Wildman–Crippen LogP) is 5.66. The van der Waals surface area contributed by atoms with Crippen molar-refractivity contribution in [2.45, 2.75) is 66.0 Å². The molecule has 0 aliphatic carbocycles. The molecular weight excluding hydrogens is 492 g/mol. The van der Waals surface area contributed by atoms with Gasteiger partial charge in [-0.25, -0.2) is 0 Å². The molecule has 0 saturated heterocycles. The first-order valence-electron chi connectivity index (χ1n) is 12.1. The maximum Gasteiger partial charge on any atom is 0.248 e. The summed E-state index contributed by atoms with van der Waals surface area (Å²) in [6, 6.07) is 13.2. The molecule has 0 aliphatic heterocycles. The topological polar surface area (TPSA) is 105 Å². The lowest BCUT2D eigenvalue weighted by Gasteiger charge is -2.35. The zero-order valence-electron chi connectivity index (χ0n) is 22.0. The number of nitrogens with one attached hydrogen (secondary N) is 2. The summed E-state index contributed by atoms with van der Waals surface area (Å²) in [7, 11) is 0. The number of halogens is 1. The number of benzene rings is 2. The molecule has 0 bridgehead atoms. The molecule has 8 nitrogen and oxygen atoms in total. The van der Waals surface area contributed by atoms with E-state index in [0.29, 0.717) is 22.0 Å². The van der Waals surface area contributed by atoms with Gasteiger partial charge in [0.15, 0.2) is 5.82 Å². The van der Waals surface area contributed by atoms with E-state index in [1.54, 1.807) is 37.3 Å². The Kier molecular flexibility index (Phi) is 8.76. The molecule has 1 atom stereocenters. The quantitative estimate of drug-likeness (QED) is 0.395. The van der Waals surface area contributed by atoms with Crippen molar-refractivity contribution in [1.29, 1.82) is 0 Å². The molecule has 0 aliphatic rings. The van der Waals surface area contributed by atoms with E-state index in [1.165, 1.54) is 4.90 Å². The molecule has 196 valence electrons. The van der Waals surface area contributed by atoms with Crippen LogP contribution in [0.5, 0.6) is 0 Å². The molecule has 0 spiro atoms. The second kappa shape index (κ2) is 11.6. The number of aromatic nitrogens is 1. The monoisotopic (exact) mass is 524 g/mol. The standard InChI is InChI=1S/C28H33ClN4O4/c1-17-10-9-11-18(2)25(17)33(24(35)15-14-23(34)30-22-16-19(3)37-32-22)26(27(36)31-28(4,5)6)20-12-7-8-13-21(20)29/h7-13,16,26H,14-15H2,1-6H3,(H,31,36)(H,30,32,34)/t26-/m0/s1. The summed E-state index contributed by atoms with van der Waals surface area (Å²) in [6.07, 6.45) is -0.248. The van der Waals surface area contributed by atoms with Crippen LogP contribution in [0.15, 0.2) is 53.1 Å². The summed E-state index contributed by atoms with van der Waals surface area (Å²) in [5.74, 6) is -0.325. The number of rotatable bonds is 8. The molecule has 0 unspecified atom stereocenters. The minimum Gasteiger partial charge on any atom is -0.360 e. The lowest BCUT2D eigenvalue weighted by atomic mass is 9.98. The molecule has 1 aromatic heterocycles. The van der Waals surface area contributed by atoms with Crippen LogP contribution in [0.4, 0.5) is 11.5 Å². The maximum absolute atomic E-state index is 13.9. The molecule has 37 heavy (non-hydrogen) atoms. The summed E-state index contributed by atoms with van der Waals surface area (Å²) in [4.78, 5) is 41.7. The average Bonchev–Trinajstić information content (AvgIpc) is 3.20. The fourth-order valence-electron chi connectivity index (χ4n) is 4.09. The molecule has 0 fully saturated rings. The van der Waals surface area contributed by atoms with Crippen LogP contribution in [0, 0.1) is 20.8 Å². The summed E-state index contributed by atoms with van der Waals surface area (Å²) >= 11 is 6.57. The highest BCUT2D eigenvalue weighted by molar-refractivity contribution is 6.31. The minimum absolute atomic E-state index is 0.109. The molecule has 1 heterocycles. The van der Waals surface area contributed by atoms with Crippen molar-refractivity contribution in [2.24, 2.45) is 0 Å². The summed E-state index contributed by atoms with van der Waals surface area (Å²) in [6.45, 7) is 11.1. The van der Waals surface area contributed by atoms with Crippen molar-refractivity contribution >= 4 is 40.8 Å². The number of carbonyl (C=O) groups is 3. The van der Waals surface area contributed by atoms with Crippen molar-refractivity contribution in [3.8, 4) is 0 Å². The molecule has 9 heteroatoms. The van der Waals surface area contributed by atoms with Crippen molar-refractivity contribution < 1.29 is 18.9 Å². The molecule has 3 rings (SSSR count). The Labute approximate surface area is 222 Å². The summed E-state index contributed by atoms with van der Waals surface area (Å²) in [5, 5.41) is 9.74. The fourth-order valence-corrected chi connectivity index (χ4v) is 4.33. The fraction of sp³-hybridized carbons (Fsp3) is 0.357. The third-order valence-corrected chi connectivity index (χ3v) is 5.96. The third-order valence-electron chi connectivity index (χ3n) is 5.62. The highest BCUT2D eigenvalue weighted by atomic mass is 35.5. The van der Waals surface area contributed by atoms with Gasteiger partial charge in [-0.2, -0.15) is 0 Å². The van der Waals surface area contributed by atoms with Gasteiger partial charge in [-0.15, -0.1) is 0 Å². The van der Waals surface area contributed by atoms with E-state index in [2.05, 4.69) is 15.8 Å². The normalized spacial score (nSPS) is 12.1. The van der Waals surface area contributed by atoms with Gasteiger partial charge in [-0.3, -0.25) is 19.3 Å². The van der Waals surface area contributed by atoms with Crippen LogP contribution in [0.3, 0.4) is 0 Å². The smallest absolute Gasteiger partial charge is 0.248 e. The SMILES string of the molecule is Cc1cc(NC(=O)CCC(=O)N(c2c(C)cccc2C)[C@H](C(=O)NC(C)(C)C)c2ccccc2Cl)no1. The van der Waals surface area contributed by atoms with Gasteiger partial charge in [0.1, 0.15) is 11.8 Å². The van der Waals surface area contributed by atoms with E-state index in [0.717, 1.165) is 11.1 Å². The number of para-hydroxylation sites is 1. The number of hydrogen-bond acceptors (Lipinski definition) is 5. The van der Waals surface area contributed by atoms with E-state index in [1.807, 2.05) is 52.8 Å². The van der Waals surface area contributed by atoms with Crippen molar-refractivity contribution in [3.63, 3.8) is 0 Å². The average molecular weight is 525 g/mol. The van der Waals surface area contributed by atoms with Gasteiger partial charge in [0, 0.05) is 35.0 Å². The van der Waals surface area contributed by atoms with E-state index in [4.69, 9.17) is 16.1 Å². The summed E-state index contributed by atoms with van der Waals surface area (Å²) < 4.78 is 4.97. The van der Waals surface area contributed by atoms with Crippen LogP contribution in [0.25, 0.3) is 0 Å². The number of hydrogen-bond donors (Lipinski definition) is 2. The molecule has 3 amide bonds. The predicted molar refractivity (Wildman–Crippen MR) is 145 cm³/mol. The molecule has 0 radical (unpaired) electrons. The second-order valence-electron chi connectivity index (χ2n) is 10.0. The Balaban J connectivity index is 2.03. The molecular formula is C28H33ClN4O4. The van der Waals surface area contributed by atoms with Gasteiger partial charge in [0.2, 0.25) is 17.7 Å². The largest absolute Gasteiger partial charge is 0.360 e. The number of amides is 3. The van der Waals surface area contributed by atoms with Gasteiger partial charge in [0.05, 0.1) is 5.69 Å². The zero-order valence-corrected chi connectivity index (χ0v) is 22.8. The maximum atomic E-state index is 13.9. The number of aryl methyl sites for hydroxylation is 3. The van der Waals surface area contributed by atoms with E-state index < -0.39 is 23.4 Å². The highest BCUT2D eigenvalue weighted by Crippen LogP contribution is 2.36. The Bertz CT molecular complexity index is 1280. The molecule has 2 aromatic carbocycles. The van der Waals surface area contributed by atoms with Gasteiger partial charge in [-0.1, -0.05) is 53.2 Å². The third kappa shape index (κ3) is 7.20. The Hall–Kier alpha value is -3.65. The first-order chi connectivity index (χ1) is 17.4. The Morgan fingerprint density at radius 3 is 2.22 bits per heavy atom.